The molecule has 7 rings (SSSR count). The summed E-state index contributed by atoms with van der Waals surface area (Å²) in [5, 5.41) is 0. The van der Waals surface area contributed by atoms with Gasteiger partial charge in [0, 0.05) is 13.1 Å². The molecule has 252 valence electrons. The maximum absolute atomic E-state index is 7.10. The van der Waals surface area contributed by atoms with Gasteiger partial charge in [0.25, 0.3) is 0 Å². The van der Waals surface area contributed by atoms with Gasteiger partial charge in [-0.3, -0.25) is 4.90 Å². The second kappa shape index (κ2) is 17.0. The molecule has 0 aromatic heterocycles. The van der Waals surface area contributed by atoms with Crippen molar-refractivity contribution in [3.05, 3.63) is 179 Å². The minimum Gasteiger partial charge on any atom is -0.374 e. The minimum atomic E-state index is -0.382. The Kier molecular flexibility index (Phi) is 11.6. The molecule has 2 heterocycles. The highest BCUT2D eigenvalue weighted by Gasteiger charge is 2.56. The predicted octanol–water partition coefficient (Wildman–Crippen LogP) is 7.61. The van der Waals surface area contributed by atoms with Crippen LogP contribution in [0.1, 0.15) is 27.8 Å². The first-order chi connectivity index (χ1) is 24.3. The van der Waals surface area contributed by atoms with Gasteiger partial charge < -0.3 is 23.7 Å². The van der Waals surface area contributed by atoms with Gasteiger partial charge in [-0.15, -0.1) is 0 Å². The summed E-state index contributed by atoms with van der Waals surface area (Å²) in [6.45, 7) is 3.74. The Bertz CT molecular complexity index is 1660. The zero-order chi connectivity index (χ0) is 33.1. The first-order valence-corrected chi connectivity index (χ1v) is 17.3. The summed E-state index contributed by atoms with van der Waals surface area (Å²) in [4.78, 5) is 2.48. The average molecular weight is 656 g/mol. The third-order valence-corrected chi connectivity index (χ3v) is 9.40. The van der Waals surface area contributed by atoms with Crippen molar-refractivity contribution in [3.8, 4) is 0 Å². The van der Waals surface area contributed by atoms with Crippen LogP contribution in [0.2, 0.25) is 0 Å². The van der Waals surface area contributed by atoms with E-state index in [0.29, 0.717) is 39.6 Å². The second-order valence-electron chi connectivity index (χ2n) is 12.9. The molecule has 5 aromatic rings. The van der Waals surface area contributed by atoms with E-state index in [1.807, 2.05) is 48.5 Å². The number of likely N-dealkylation sites (tertiary alicyclic amines) is 1. The van der Waals surface area contributed by atoms with Gasteiger partial charge in [-0.2, -0.15) is 0 Å². The molecule has 0 amide bonds. The van der Waals surface area contributed by atoms with Crippen molar-refractivity contribution in [1.29, 1.82) is 0 Å². The molecule has 5 aromatic carbocycles. The fraction of sp³-hybridized carbons (Fsp3) is 0.302. The molecular formula is C43H45NO5. The van der Waals surface area contributed by atoms with E-state index in [9.17, 15) is 0 Å². The van der Waals surface area contributed by atoms with Crippen molar-refractivity contribution >= 4 is 0 Å². The fourth-order valence-electron chi connectivity index (χ4n) is 6.98. The molecule has 0 saturated carbocycles. The summed E-state index contributed by atoms with van der Waals surface area (Å²) < 4.78 is 34.1. The largest absolute Gasteiger partial charge is 0.374 e. The zero-order valence-electron chi connectivity index (χ0n) is 27.8. The summed E-state index contributed by atoms with van der Waals surface area (Å²) in [7, 11) is 0. The highest BCUT2D eigenvalue weighted by molar-refractivity contribution is 5.19. The molecule has 0 aliphatic carbocycles. The quantitative estimate of drug-likeness (QED) is 0.116. The van der Waals surface area contributed by atoms with Crippen molar-refractivity contribution < 1.29 is 23.7 Å². The van der Waals surface area contributed by atoms with Crippen LogP contribution in [0.3, 0.4) is 0 Å². The van der Waals surface area contributed by atoms with Crippen LogP contribution in [0.4, 0.5) is 0 Å². The van der Waals surface area contributed by atoms with E-state index in [4.69, 9.17) is 23.7 Å². The molecule has 0 N–H and O–H groups in total. The van der Waals surface area contributed by atoms with Crippen molar-refractivity contribution in [2.75, 3.05) is 13.2 Å². The van der Waals surface area contributed by atoms with Crippen LogP contribution in [-0.4, -0.2) is 54.6 Å². The molecule has 6 heteroatoms. The monoisotopic (exact) mass is 655 g/mol. The van der Waals surface area contributed by atoms with E-state index in [0.717, 1.165) is 28.8 Å². The Labute approximate surface area is 290 Å². The zero-order valence-corrected chi connectivity index (χ0v) is 27.8. The molecule has 2 aliphatic rings. The van der Waals surface area contributed by atoms with Gasteiger partial charge in [0.1, 0.15) is 24.4 Å². The number of hydrogen-bond acceptors (Lipinski definition) is 6. The van der Waals surface area contributed by atoms with Gasteiger partial charge >= 0.3 is 0 Å². The number of ether oxygens (including phenoxy) is 5. The molecule has 0 radical (unpaired) electrons. The number of benzene rings is 5. The highest BCUT2D eigenvalue weighted by Crippen LogP contribution is 2.38. The van der Waals surface area contributed by atoms with Gasteiger partial charge in [0.05, 0.1) is 45.2 Å². The smallest absolute Gasteiger partial charge is 0.114 e. The second-order valence-corrected chi connectivity index (χ2v) is 12.9. The van der Waals surface area contributed by atoms with Gasteiger partial charge in [0.15, 0.2) is 0 Å². The highest BCUT2D eigenvalue weighted by atomic mass is 16.6. The SMILES string of the molecule is c1ccc(COC[C@H]2O[C@@H]3[C@H]([C@@H](OCc4ccccc4)[C@H]2OCc2ccccc2)N(Cc2ccccc2)C[C@H]3OCc2ccccc2)cc1. The summed E-state index contributed by atoms with van der Waals surface area (Å²) in [6.07, 6.45) is -1.46. The maximum atomic E-state index is 7.10. The van der Waals surface area contributed by atoms with Gasteiger partial charge in [-0.1, -0.05) is 152 Å². The number of hydrogen-bond donors (Lipinski definition) is 0. The van der Waals surface area contributed by atoms with Gasteiger partial charge in [0.2, 0.25) is 0 Å². The Balaban J connectivity index is 1.20. The van der Waals surface area contributed by atoms with Crippen molar-refractivity contribution in [1.82, 2.24) is 4.90 Å². The van der Waals surface area contributed by atoms with Crippen LogP contribution in [0.5, 0.6) is 0 Å². The molecule has 2 aliphatic heterocycles. The van der Waals surface area contributed by atoms with Crippen LogP contribution >= 0.6 is 0 Å². The van der Waals surface area contributed by atoms with Gasteiger partial charge in [-0.05, 0) is 27.8 Å². The molecule has 0 spiro atoms. The van der Waals surface area contributed by atoms with E-state index in [1.54, 1.807) is 0 Å². The van der Waals surface area contributed by atoms with Crippen molar-refractivity contribution in [2.24, 2.45) is 0 Å². The Morgan fingerprint density at radius 1 is 0.490 bits per heavy atom. The van der Waals surface area contributed by atoms with E-state index in [2.05, 4.69) is 108 Å². The standard InChI is InChI=1S/C43H45NO5/c1-6-16-33(17-7-1)26-44-27-38(46-29-35-20-10-3-11-21-35)41-40(44)43(48-31-37-24-14-5-15-25-37)42(47-30-36-22-12-4-13-23-36)39(49-41)32-45-28-34-18-8-2-9-19-34/h1-25,38-43H,26-32H2/t38-,39-,40-,41+,42+,43-/m1/s1. The van der Waals surface area contributed by atoms with E-state index < -0.39 is 0 Å². The predicted molar refractivity (Wildman–Crippen MR) is 190 cm³/mol. The van der Waals surface area contributed by atoms with Crippen LogP contribution in [0.15, 0.2) is 152 Å². The van der Waals surface area contributed by atoms with Gasteiger partial charge in [-0.25, -0.2) is 0 Å². The Morgan fingerprint density at radius 3 is 1.43 bits per heavy atom. The lowest BCUT2D eigenvalue weighted by atomic mass is 9.91. The minimum absolute atomic E-state index is 0.101. The average Bonchev–Trinajstić information content (AvgIpc) is 3.50. The summed E-state index contributed by atoms with van der Waals surface area (Å²) in [5.41, 5.74) is 5.72. The Hall–Kier alpha value is -4.14. The number of rotatable bonds is 15. The molecule has 6 atom stereocenters. The Morgan fingerprint density at radius 2 is 0.918 bits per heavy atom. The molecule has 49 heavy (non-hydrogen) atoms. The van der Waals surface area contributed by atoms with Crippen molar-refractivity contribution in [2.45, 2.75) is 69.5 Å². The van der Waals surface area contributed by atoms with E-state index in [1.165, 1.54) is 5.56 Å². The third kappa shape index (κ3) is 8.91. The molecule has 0 unspecified atom stereocenters. The summed E-state index contributed by atoms with van der Waals surface area (Å²) >= 11 is 0. The van der Waals surface area contributed by atoms with Crippen molar-refractivity contribution in [3.63, 3.8) is 0 Å². The lowest BCUT2D eigenvalue weighted by Gasteiger charge is -2.47. The maximum Gasteiger partial charge on any atom is 0.114 e. The third-order valence-electron chi connectivity index (χ3n) is 9.40. The first kappa shape index (κ1) is 33.4. The number of nitrogens with zero attached hydrogens (tertiary/aromatic N) is 1. The first-order valence-electron chi connectivity index (χ1n) is 17.3. The van der Waals surface area contributed by atoms with Crippen LogP contribution in [0.25, 0.3) is 0 Å². The van der Waals surface area contributed by atoms with Crippen LogP contribution in [0, 0.1) is 0 Å². The lowest BCUT2D eigenvalue weighted by molar-refractivity contribution is -0.247. The number of fused-ring (bicyclic) bond motifs is 1. The molecular weight excluding hydrogens is 610 g/mol. The molecule has 2 fully saturated rings. The molecule has 0 bridgehead atoms. The lowest BCUT2D eigenvalue weighted by Crippen LogP contribution is -2.63. The topological polar surface area (TPSA) is 49.4 Å². The van der Waals surface area contributed by atoms with Crippen LogP contribution < -0.4 is 0 Å². The van der Waals surface area contributed by atoms with E-state index >= 15 is 0 Å². The van der Waals surface area contributed by atoms with Crippen LogP contribution in [-0.2, 0) is 56.7 Å². The normalized spacial score (nSPS) is 23.7. The molecule has 6 nitrogen and oxygen atoms in total. The molecule has 2 saturated heterocycles. The summed E-state index contributed by atoms with van der Waals surface area (Å²) in [5.74, 6) is 0. The van der Waals surface area contributed by atoms with E-state index in [-0.39, 0.29) is 36.6 Å². The summed E-state index contributed by atoms with van der Waals surface area (Å²) in [6, 6.07) is 51.8. The fourth-order valence-corrected chi connectivity index (χ4v) is 6.98.